The van der Waals surface area contributed by atoms with Crippen molar-refractivity contribution in [2.24, 2.45) is 11.5 Å². The monoisotopic (exact) mass is 264 g/mol. The lowest BCUT2D eigenvalue weighted by molar-refractivity contribution is -0.149. The molecule has 0 radical (unpaired) electrons. The summed E-state index contributed by atoms with van der Waals surface area (Å²) < 4.78 is 0. The quantitative estimate of drug-likeness (QED) is 0.333. The van der Waals surface area contributed by atoms with Crippen LogP contribution in [0.4, 0.5) is 0 Å². The molecule has 104 valence electrons. The SMILES string of the molecule is NCC[C@H](N)C(=O)O.O=C(O)CCC(=O)C(=O)O. The van der Waals surface area contributed by atoms with Crippen molar-refractivity contribution in [2.75, 3.05) is 6.54 Å². The Morgan fingerprint density at radius 3 is 1.72 bits per heavy atom. The summed E-state index contributed by atoms with van der Waals surface area (Å²) in [6.07, 6.45) is -0.523. The summed E-state index contributed by atoms with van der Waals surface area (Å²) in [6.45, 7) is 0.327. The first-order valence-electron chi connectivity index (χ1n) is 4.88. The van der Waals surface area contributed by atoms with E-state index in [2.05, 4.69) is 0 Å². The van der Waals surface area contributed by atoms with E-state index < -0.39 is 42.6 Å². The summed E-state index contributed by atoms with van der Waals surface area (Å²) >= 11 is 0. The van der Waals surface area contributed by atoms with Crippen LogP contribution in [0.15, 0.2) is 0 Å². The number of hydrogen-bond donors (Lipinski definition) is 5. The number of nitrogens with two attached hydrogens (primary N) is 2. The van der Waals surface area contributed by atoms with Gasteiger partial charge in [0.2, 0.25) is 5.78 Å². The minimum Gasteiger partial charge on any atom is -0.481 e. The third kappa shape index (κ3) is 12.1. The highest BCUT2D eigenvalue weighted by atomic mass is 16.4. The van der Waals surface area contributed by atoms with Crippen LogP contribution < -0.4 is 11.5 Å². The second-order valence-electron chi connectivity index (χ2n) is 3.14. The molecular formula is C9H16N2O7. The number of Topliss-reactive ketones (excluding diaryl/α,β-unsaturated/α-hetero) is 1. The maximum atomic E-state index is 10.2. The van der Waals surface area contributed by atoms with Crippen molar-refractivity contribution in [3.05, 3.63) is 0 Å². The lowest BCUT2D eigenvalue weighted by Gasteiger charge is -2.00. The van der Waals surface area contributed by atoms with Crippen molar-refractivity contribution in [1.82, 2.24) is 0 Å². The number of carboxylic acids is 3. The van der Waals surface area contributed by atoms with Gasteiger partial charge in [0.1, 0.15) is 6.04 Å². The highest BCUT2D eigenvalue weighted by Gasteiger charge is 2.12. The highest BCUT2D eigenvalue weighted by molar-refractivity contribution is 6.32. The summed E-state index contributed by atoms with van der Waals surface area (Å²) in [5.74, 6) is -4.81. The van der Waals surface area contributed by atoms with Crippen LogP contribution in [-0.2, 0) is 19.2 Å². The van der Waals surface area contributed by atoms with Crippen LogP contribution in [0, 0.1) is 0 Å². The predicted octanol–water partition coefficient (Wildman–Crippen LogP) is -1.75. The zero-order valence-electron chi connectivity index (χ0n) is 9.54. The first kappa shape index (κ1) is 18.4. The normalized spacial score (nSPS) is 10.8. The molecule has 0 bridgehead atoms. The van der Waals surface area contributed by atoms with Crippen LogP contribution in [0.2, 0.25) is 0 Å². The van der Waals surface area contributed by atoms with Crippen molar-refractivity contribution in [1.29, 1.82) is 0 Å². The van der Waals surface area contributed by atoms with Crippen LogP contribution in [0.1, 0.15) is 19.3 Å². The molecule has 0 heterocycles. The predicted molar refractivity (Wildman–Crippen MR) is 58.8 cm³/mol. The molecule has 1 atom stereocenters. The van der Waals surface area contributed by atoms with E-state index in [1.807, 2.05) is 0 Å². The summed E-state index contributed by atoms with van der Waals surface area (Å²) in [5, 5.41) is 24.1. The Kier molecular flexibility index (Phi) is 10.4. The van der Waals surface area contributed by atoms with Gasteiger partial charge in [-0.3, -0.25) is 14.4 Å². The molecule has 0 amide bonds. The minimum absolute atomic E-state index is 0.327. The Bertz CT molecular complexity index is 316. The molecule has 0 rings (SSSR count). The molecule has 0 fully saturated rings. The number of hydrogen-bond acceptors (Lipinski definition) is 6. The summed E-state index contributed by atoms with van der Waals surface area (Å²) in [6, 6.07) is -0.792. The van der Waals surface area contributed by atoms with E-state index in [-0.39, 0.29) is 0 Å². The Morgan fingerprint density at radius 1 is 1.00 bits per heavy atom. The molecule has 0 aromatic carbocycles. The van der Waals surface area contributed by atoms with Gasteiger partial charge in [-0.05, 0) is 13.0 Å². The third-order valence-electron chi connectivity index (χ3n) is 1.60. The van der Waals surface area contributed by atoms with Gasteiger partial charge < -0.3 is 26.8 Å². The second-order valence-corrected chi connectivity index (χ2v) is 3.14. The molecule has 0 saturated heterocycles. The van der Waals surface area contributed by atoms with Crippen LogP contribution >= 0.6 is 0 Å². The van der Waals surface area contributed by atoms with E-state index in [9.17, 15) is 19.2 Å². The first-order chi connectivity index (χ1) is 8.22. The molecule has 0 aliphatic heterocycles. The smallest absolute Gasteiger partial charge is 0.372 e. The Labute approximate surface area is 102 Å². The van der Waals surface area contributed by atoms with Crippen molar-refractivity contribution in [3.63, 3.8) is 0 Å². The number of rotatable bonds is 7. The lowest BCUT2D eigenvalue weighted by atomic mass is 10.2. The fraction of sp³-hybridized carbons (Fsp3) is 0.556. The molecular weight excluding hydrogens is 248 g/mol. The molecule has 0 saturated carbocycles. The average Bonchev–Trinajstić information content (AvgIpc) is 2.26. The second kappa shape index (κ2) is 10.2. The fourth-order valence-electron chi connectivity index (χ4n) is 0.630. The maximum Gasteiger partial charge on any atom is 0.372 e. The lowest BCUT2D eigenvalue weighted by Crippen LogP contribution is -2.32. The number of carbonyl (C=O) groups excluding carboxylic acids is 1. The topological polar surface area (TPSA) is 181 Å². The third-order valence-corrected chi connectivity index (χ3v) is 1.60. The fourth-order valence-corrected chi connectivity index (χ4v) is 0.630. The van der Waals surface area contributed by atoms with E-state index in [4.69, 9.17) is 26.8 Å². The molecule has 0 aliphatic carbocycles. The Hall–Kier alpha value is -2.00. The summed E-state index contributed by atoms with van der Waals surface area (Å²) in [5.41, 5.74) is 10.1. The van der Waals surface area contributed by atoms with Crippen molar-refractivity contribution in [3.8, 4) is 0 Å². The Morgan fingerprint density at radius 2 is 1.50 bits per heavy atom. The number of ketones is 1. The van der Waals surface area contributed by atoms with Crippen LogP contribution in [0.25, 0.3) is 0 Å². The minimum atomic E-state index is -1.58. The van der Waals surface area contributed by atoms with E-state index in [0.717, 1.165) is 0 Å². The van der Waals surface area contributed by atoms with Gasteiger partial charge in [-0.1, -0.05) is 0 Å². The molecule has 9 nitrogen and oxygen atoms in total. The van der Waals surface area contributed by atoms with Crippen molar-refractivity contribution in [2.45, 2.75) is 25.3 Å². The van der Waals surface area contributed by atoms with E-state index in [0.29, 0.717) is 13.0 Å². The van der Waals surface area contributed by atoms with Gasteiger partial charge in [0.25, 0.3) is 0 Å². The summed E-state index contributed by atoms with van der Waals surface area (Å²) in [7, 11) is 0. The number of aliphatic carboxylic acids is 3. The van der Waals surface area contributed by atoms with Gasteiger partial charge in [0.15, 0.2) is 0 Å². The van der Waals surface area contributed by atoms with Crippen LogP contribution in [0.5, 0.6) is 0 Å². The van der Waals surface area contributed by atoms with Gasteiger partial charge in [-0.25, -0.2) is 4.79 Å². The molecule has 0 aromatic rings. The zero-order valence-corrected chi connectivity index (χ0v) is 9.54. The molecule has 7 N–H and O–H groups in total. The van der Waals surface area contributed by atoms with E-state index in [1.54, 1.807) is 0 Å². The Balaban J connectivity index is 0. The van der Waals surface area contributed by atoms with Gasteiger partial charge in [0, 0.05) is 6.42 Å². The molecule has 9 heteroatoms. The zero-order chi connectivity index (χ0) is 14.7. The average molecular weight is 264 g/mol. The molecule has 0 spiro atoms. The molecule has 0 unspecified atom stereocenters. The van der Waals surface area contributed by atoms with Gasteiger partial charge >= 0.3 is 17.9 Å². The van der Waals surface area contributed by atoms with Gasteiger partial charge in [-0.2, -0.15) is 0 Å². The van der Waals surface area contributed by atoms with E-state index >= 15 is 0 Å². The standard InChI is InChI=1S/C5H6O5.C4H10N2O2/c6-3(5(9)10)1-2-4(7)8;5-2-1-3(6)4(7)8/h1-2H2,(H,7,8)(H,9,10);3H,1-2,5-6H2,(H,7,8)/t;3-/m.0/s1. The van der Waals surface area contributed by atoms with Gasteiger partial charge in [-0.15, -0.1) is 0 Å². The molecule has 18 heavy (non-hydrogen) atoms. The van der Waals surface area contributed by atoms with Crippen LogP contribution in [0.3, 0.4) is 0 Å². The van der Waals surface area contributed by atoms with Crippen molar-refractivity contribution >= 4 is 23.7 Å². The number of carboxylic acid groups (broad SMARTS) is 3. The molecule has 0 aliphatic rings. The summed E-state index contributed by atoms with van der Waals surface area (Å²) in [4.78, 5) is 39.6. The number of carbonyl (C=O) groups is 4. The van der Waals surface area contributed by atoms with Gasteiger partial charge in [0.05, 0.1) is 6.42 Å². The van der Waals surface area contributed by atoms with E-state index in [1.165, 1.54) is 0 Å². The first-order valence-corrected chi connectivity index (χ1v) is 4.88. The van der Waals surface area contributed by atoms with Crippen molar-refractivity contribution < 1.29 is 34.5 Å². The van der Waals surface area contributed by atoms with Crippen LogP contribution in [-0.4, -0.2) is 51.6 Å². The largest absolute Gasteiger partial charge is 0.481 e. The maximum absolute atomic E-state index is 10.2. The highest BCUT2D eigenvalue weighted by Crippen LogP contribution is 1.90. The molecule has 0 aromatic heterocycles.